The van der Waals surface area contributed by atoms with Crippen molar-refractivity contribution >= 4 is 22.9 Å². The molecule has 3 aromatic rings. The lowest BCUT2D eigenvalue weighted by molar-refractivity contribution is 1.03. The average molecular weight is 282 g/mol. The zero-order chi connectivity index (χ0) is 14.7. The van der Waals surface area contributed by atoms with E-state index in [1.807, 2.05) is 0 Å². The van der Waals surface area contributed by atoms with Gasteiger partial charge in [-0.1, -0.05) is 31.2 Å². The smallest absolute Gasteiger partial charge is 0.226 e. The summed E-state index contributed by atoms with van der Waals surface area (Å²) in [5, 5.41) is 6.33. The first kappa shape index (κ1) is 13.4. The van der Waals surface area contributed by atoms with Crippen molar-refractivity contribution in [2.24, 2.45) is 0 Å². The summed E-state index contributed by atoms with van der Waals surface area (Å²) in [7, 11) is 1.80. The van der Waals surface area contributed by atoms with Gasteiger partial charge in [0.1, 0.15) is 5.52 Å². The van der Waals surface area contributed by atoms with Crippen LogP contribution in [0.5, 0.6) is 0 Å². The lowest BCUT2D eigenvalue weighted by Gasteiger charge is -2.11. The molecule has 0 saturated carbocycles. The molecule has 3 N–H and O–H groups in total. The molecule has 0 amide bonds. The van der Waals surface area contributed by atoms with Crippen molar-refractivity contribution in [2.75, 3.05) is 17.7 Å². The van der Waals surface area contributed by atoms with Crippen molar-refractivity contribution in [1.29, 1.82) is 0 Å². The lowest BCUT2D eigenvalue weighted by Crippen LogP contribution is -2.07. The molecule has 0 aliphatic carbocycles. The molecule has 0 aliphatic rings. The van der Waals surface area contributed by atoms with Crippen LogP contribution >= 0.6 is 0 Å². The van der Waals surface area contributed by atoms with Gasteiger partial charge in [0.2, 0.25) is 5.95 Å². The molecule has 6 nitrogen and oxygen atoms in total. The van der Waals surface area contributed by atoms with Gasteiger partial charge < -0.3 is 15.6 Å². The number of fused-ring (bicyclic) bond motifs is 1. The molecular formula is C15H18N6. The number of imidazole rings is 1. The van der Waals surface area contributed by atoms with Gasteiger partial charge >= 0.3 is 0 Å². The Balaban J connectivity index is 1.89. The number of nitrogens with zero attached hydrogens (tertiary/aromatic N) is 3. The number of aromatic amines is 1. The number of rotatable bonds is 5. The summed E-state index contributed by atoms with van der Waals surface area (Å²) < 4.78 is 0. The predicted molar refractivity (Wildman–Crippen MR) is 84.4 cm³/mol. The van der Waals surface area contributed by atoms with E-state index < -0.39 is 0 Å². The van der Waals surface area contributed by atoms with Crippen LogP contribution in [0.2, 0.25) is 0 Å². The Hall–Kier alpha value is -2.63. The van der Waals surface area contributed by atoms with E-state index in [0.717, 1.165) is 24.3 Å². The standard InChI is InChI=1S/C15H18N6/c1-3-10-6-4-5-7-11(10)8-17-13-12-14(19-9-18-12)21-15(16-2)20-13/h4-7,9H,3,8H2,1-2H3,(H3,16,17,18,19,20,21). The monoisotopic (exact) mass is 282 g/mol. The van der Waals surface area contributed by atoms with E-state index in [0.29, 0.717) is 11.6 Å². The number of H-pyrrole nitrogens is 1. The summed E-state index contributed by atoms with van der Waals surface area (Å²) in [6.07, 6.45) is 2.65. The molecule has 0 aliphatic heterocycles. The molecule has 3 rings (SSSR count). The van der Waals surface area contributed by atoms with Gasteiger partial charge in [0.25, 0.3) is 0 Å². The van der Waals surface area contributed by atoms with Crippen molar-refractivity contribution in [1.82, 2.24) is 19.9 Å². The van der Waals surface area contributed by atoms with E-state index in [1.54, 1.807) is 13.4 Å². The molecule has 1 aromatic carbocycles. The SMILES string of the molecule is CCc1ccccc1CNc1nc(NC)nc2nc[nH]c12. The highest BCUT2D eigenvalue weighted by atomic mass is 15.2. The van der Waals surface area contributed by atoms with Crippen molar-refractivity contribution < 1.29 is 0 Å². The molecule has 0 unspecified atom stereocenters. The van der Waals surface area contributed by atoms with Gasteiger partial charge in [-0.25, -0.2) is 4.98 Å². The third-order valence-electron chi connectivity index (χ3n) is 3.45. The fourth-order valence-corrected chi connectivity index (χ4v) is 2.33. The molecule has 6 heteroatoms. The molecule has 0 radical (unpaired) electrons. The topological polar surface area (TPSA) is 78.5 Å². The normalized spacial score (nSPS) is 10.8. The van der Waals surface area contributed by atoms with E-state index >= 15 is 0 Å². The Morgan fingerprint density at radius 3 is 2.71 bits per heavy atom. The fourth-order valence-electron chi connectivity index (χ4n) is 2.33. The summed E-state index contributed by atoms with van der Waals surface area (Å²) in [6.45, 7) is 2.88. The highest BCUT2D eigenvalue weighted by Crippen LogP contribution is 2.20. The highest BCUT2D eigenvalue weighted by Gasteiger charge is 2.09. The Kier molecular flexibility index (Phi) is 3.68. The van der Waals surface area contributed by atoms with Crippen molar-refractivity contribution in [2.45, 2.75) is 19.9 Å². The van der Waals surface area contributed by atoms with E-state index in [4.69, 9.17) is 0 Å². The molecule has 0 fully saturated rings. The Bertz CT molecular complexity index is 749. The van der Waals surface area contributed by atoms with Crippen LogP contribution in [0.4, 0.5) is 11.8 Å². The Morgan fingerprint density at radius 2 is 1.95 bits per heavy atom. The second-order valence-corrected chi connectivity index (χ2v) is 4.72. The van der Waals surface area contributed by atoms with Crippen LogP contribution in [-0.4, -0.2) is 27.0 Å². The lowest BCUT2D eigenvalue weighted by atomic mass is 10.1. The Labute approximate surface area is 123 Å². The molecule has 21 heavy (non-hydrogen) atoms. The van der Waals surface area contributed by atoms with E-state index in [-0.39, 0.29) is 0 Å². The van der Waals surface area contributed by atoms with Gasteiger partial charge in [-0.15, -0.1) is 0 Å². The third-order valence-corrected chi connectivity index (χ3v) is 3.45. The largest absolute Gasteiger partial charge is 0.364 e. The van der Waals surface area contributed by atoms with Crippen molar-refractivity contribution in [3.8, 4) is 0 Å². The van der Waals surface area contributed by atoms with Crippen LogP contribution in [-0.2, 0) is 13.0 Å². The van der Waals surface area contributed by atoms with E-state index in [2.05, 4.69) is 61.8 Å². The molecule has 2 aromatic heterocycles. The van der Waals surface area contributed by atoms with Crippen LogP contribution < -0.4 is 10.6 Å². The zero-order valence-corrected chi connectivity index (χ0v) is 12.1. The van der Waals surface area contributed by atoms with Crippen molar-refractivity contribution in [3.05, 3.63) is 41.7 Å². The summed E-state index contributed by atoms with van der Waals surface area (Å²) in [5.41, 5.74) is 4.09. The predicted octanol–water partition coefficient (Wildman–Crippen LogP) is 2.57. The summed E-state index contributed by atoms with van der Waals surface area (Å²) in [5.74, 6) is 1.31. The zero-order valence-electron chi connectivity index (χ0n) is 12.1. The van der Waals surface area contributed by atoms with Crippen LogP contribution in [0, 0.1) is 0 Å². The number of anilines is 2. The van der Waals surface area contributed by atoms with Crippen LogP contribution in [0.25, 0.3) is 11.2 Å². The van der Waals surface area contributed by atoms with Gasteiger partial charge in [-0.3, -0.25) is 0 Å². The molecule has 2 heterocycles. The van der Waals surface area contributed by atoms with Crippen LogP contribution in [0.3, 0.4) is 0 Å². The first-order valence-electron chi connectivity index (χ1n) is 7.01. The summed E-state index contributed by atoms with van der Waals surface area (Å²) in [4.78, 5) is 16.0. The number of aromatic nitrogens is 4. The van der Waals surface area contributed by atoms with Crippen LogP contribution in [0.1, 0.15) is 18.1 Å². The maximum atomic E-state index is 4.46. The van der Waals surface area contributed by atoms with Crippen molar-refractivity contribution in [3.63, 3.8) is 0 Å². The summed E-state index contributed by atoms with van der Waals surface area (Å²) >= 11 is 0. The first-order chi connectivity index (χ1) is 10.3. The van der Waals surface area contributed by atoms with Gasteiger partial charge in [0.15, 0.2) is 11.5 Å². The third kappa shape index (κ3) is 2.65. The molecule has 0 saturated heterocycles. The average Bonchev–Trinajstić information content (AvgIpc) is 3.01. The highest BCUT2D eigenvalue weighted by molar-refractivity contribution is 5.83. The molecule has 0 spiro atoms. The quantitative estimate of drug-likeness (QED) is 0.670. The van der Waals surface area contributed by atoms with Gasteiger partial charge in [-0.05, 0) is 17.5 Å². The number of benzene rings is 1. The number of aryl methyl sites for hydroxylation is 1. The maximum Gasteiger partial charge on any atom is 0.226 e. The van der Waals surface area contributed by atoms with Gasteiger partial charge in [0, 0.05) is 13.6 Å². The van der Waals surface area contributed by atoms with Gasteiger partial charge in [0.05, 0.1) is 6.33 Å². The fraction of sp³-hybridized carbons (Fsp3) is 0.267. The van der Waals surface area contributed by atoms with Crippen LogP contribution in [0.15, 0.2) is 30.6 Å². The molecule has 108 valence electrons. The number of hydrogen-bond donors (Lipinski definition) is 3. The first-order valence-corrected chi connectivity index (χ1v) is 7.01. The van der Waals surface area contributed by atoms with Gasteiger partial charge in [-0.2, -0.15) is 9.97 Å². The second-order valence-electron chi connectivity index (χ2n) is 4.72. The molecular weight excluding hydrogens is 264 g/mol. The second kappa shape index (κ2) is 5.78. The van der Waals surface area contributed by atoms with E-state index in [9.17, 15) is 0 Å². The number of hydrogen-bond acceptors (Lipinski definition) is 5. The van der Waals surface area contributed by atoms with E-state index in [1.165, 1.54) is 11.1 Å². The number of nitrogens with one attached hydrogen (secondary N) is 3. The molecule has 0 bridgehead atoms. The Morgan fingerprint density at radius 1 is 1.14 bits per heavy atom. The minimum Gasteiger partial charge on any atom is -0.364 e. The minimum absolute atomic E-state index is 0.556. The summed E-state index contributed by atoms with van der Waals surface area (Å²) in [6, 6.07) is 8.41. The maximum absolute atomic E-state index is 4.46. The molecule has 0 atom stereocenters. The minimum atomic E-state index is 0.556.